The molecule has 2 N–H and O–H groups in total. The van der Waals surface area contributed by atoms with Crippen LogP contribution in [0.4, 0.5) is 8.78 Å². The molecular weight excluding hydrogens is 176 g/mol. The van der Waals surface area contributed by atoms with Crippen molar-refractivity contribution in [1.82, 2.24) is 0 Å². The van der Waals surface area contributed by atoms with Crippen LogP contribution in [-0.2, 0) is 4.74 Å². The Balaban J connectivity index is 2.19. The predicted octanol–water partition coefficient (Wildman–Crippen LogP) is 1.79. The molecule has 4 heteroatoms. The number of ether oxygens (including phenoxy) is 1. The highest BCUT2D eigenvalue weighted by Crippen LogP contribution is 2.28. The molecule has 2 atom stereocenters. The Labute approximate surface area is 77.4 Å². The largest absolute Gasteiger partial charge is 0.372 e. The van der Waals surface area contributed by atoms with Crippen molar-refractivity contribution in [1.29, 1.82) is 0 Å². The lowest BCUT2D eigenvalue weighted by Crippen LogP contribution is -2.34. The Morgan fingerprint density at radius 2 is 2.15 bits per heavy atom. The zero-order chi connectivity index (χ0) is 9.90. The summed E-state index contributed by atoms with van der Waals surface area (Å²) in [6, 6.07) is 0. The van der Waals surface area contributed by atoms with E-state index in [1.54, 1.807) is 0 Å². The van der Waals surface area contributed by atoms with Gasteiger partial charge in [-0.3, -0.25) is 0 Å². The smallest absolute Gasteiger partial charge is 0.282 e. The standard InChI is InChI=1S/C9H17F2NO/c1-7-2-3-8(4-7)13-6-9(10,11)5-12/h7-8H,2-6,12H2,1H3. The summed E-state index contributed by atoms with van der Waals surface area (Å²) in [7, 11) is 0. The van der Waals surface area contributed by atoms with E-state index in [1.165, 1.54) is 0 Å². The number of rotatable bonds is 4. The zero-order valence-corrected chi connectivity index (χ0v) is 7.93. The summed E-state index contributed by atoms with van der Waals surface area (Å²) in [5, 5.41) is 0. The quantitative estimate of drug-likeness (QED) is 0.738. The molecular formula is C9H17F2NO. The maximum atomic E-state index is 12.7. The van der Waals surface area contributed by atoms with Gasteiger partial charge < -0.3 is 10.5 Å². The van der Waals surface area contributed by atoms with Gasteiger partial charge in [0.1, 0.15) is 6.61 Å². The summed E-state index contributed by atoms with van der Waals surface area (Å²) in [5.41, 5.74) is 4.89. The summed E-state index contributed by atoms with van der Waals surface area (Å²) in [4.78, 5) is 0. The first kappa shape index (κ1) is 10.9. The van der Waals surface area contributed by atoms with E-state index in [4.69, 9.17) is 10.5 Å². The van der Waals surface area contributed by atoms with Crippen LogP contribution in [0.3, 0.4) is 0 Å². The highest BCUT2D eigenvalue weighted by Gasteiger charge is 2.30. The van der Waals surface area contributed by atoms with Crippen molar-refractivity contribution in [2.75, 3.05) is 13.2 Å². The van der Waals surface area contributed by atoms with Crippen LogP contribution in [0.5, 0.6) is 0 Å². The third-order valence-electron chi connectivity index (χ3n) is 2.48. The summed E-state index contributed by atoms with van der Waals surface area (Å²) in [5.74, 6) is -2.25. The van der Waals surface area contributed by atoms with E-state index in [0.29, 0.717) is 5.92 Å². The highest BCUT2D eigenvalue weighted by atomic mass is 19.3. The van der Waals surface area contributed by atoms with Gasteiger partial charge in [0, 0.05) is 0 Å². The van der Waals surface area contributed by atoms with E-state index in [9.17, 15) is 8.78 Å². The van der Waals surface area contributed by atoms with Crippen molar-refractivity contribution in [3.8, 4) is 0 Å². The first-order chi connectivity index (χ1) is 6.03. The molecule has 2 nitrogen and oxygen atoms in total. The number of nitrogens with two attached hydrogens (primary N) is 1. The lowest BCUT2D eigenvalue weighted by atomic mass is 10.1. The predicted molar refractivity (Wildman–Crippen MR) is 46.8 cm³/mol. The first-order valence-corrected chi connectivity index (χ1v) is 4.73. The molecule has 13 heavy (non-hydrogen) atoms. The second-order valence-electron chi connectivity index (χ2n) is 3.91. The molecule has 0 amide bonds. The average molecular weight is 193 g/mol. The van der Waals surface area contributed by atoms with E-state index in [0.717, 1.165) is 19.3 Å². The molecule has 1 aliphatic carbocycles. The fourth-order valence-electron chi connectivity index (χ4n) is 1.60. The Morgan fingerprint density at radius 3 is 2.62 bits per heavy atom. The van der Waals surface area contributed by atoms with E-state index in [2.05, 4.69) is 6.92 Å². The minimum atomic E-state index is -2.86. The van der Waals surface area contributed by atoms with Crippen LogP contribution in [-0.4, -0.2) is 25.2 Å². The van der Waals surface area contributed by atoms with Gasteiger partial charge >= 0.3 is 0 Å². The number of halogens is 2. The lowest BCUT2D eigenvalue weighted by Gasteiger charge is -2.17. The summed E-state index contributed by atoms with van der Waals surface area (Å²) < 4.78 is 30.4. The maximum absolute atomic E-state index is 12.7. The molecule has 0 spiro atoms. The van der Waals surface area contributed by atoms with Crippen LogP contribution >= 0.6 is 0 Å². The van der Waals surface area contributed by atoms with E-state index < -0.39 is 19.1 Å². The Morgan fingerprint density at radius 1 is 1.46 bits per heavy atom. The molecule has 0 aromatic rings. The van der Waals surface area contributed by atoms with Crippen molar-refractivity contribution in [2.45, 2.75) is 38.2 Å². The molecule has 2 unspecified atom stereocenters. The number of hydrogen-bond acceptors (Lipinski definition) is 2. The van der Waals surface area contributed by atoms with Crippen molar-refractivity contribution in [3.05, 3.63) is 0 Å². The normalized spacial score (nSPS) is 29.5. The second-order valence-corrected chi connectivity index (χ2v) is 3.91. The van der Waals surface area contributed by atoms with E-state index in [1.807, 2.05) is 0 Å². The van der Waals surface area contributed by atoms with Crippen LogP contribution in [0.15, 0.2) is 0 Å². The topological polar surface area (TPSA) is 35.2 Å². The monoisotopic (exact) mass is 193 g/mol. The van der Waals surface area contributed by atoms with Gasteiger partial charge in [-0.15, -0.1) is 0 Å². The van der Waals surface area contributed by atoms with Crippen LogP contribution in [0.2, 0.25) is 0 Å². The first-order valence-electron chi connectivity index (χ1n) is 4.73. The molecule has 1 saturated carbocycles. The lowest BCUT2D eigenvalue weighted by molar-refractivity contribution is -0.0916. The van der Waals surface area contributed by atoms with Crippen LogP contribution in [0.1, 0.15) is 26.2 Å². The average Bonchev–Trinajstić information content (AvgIpc) is 2.48. The van der Waals surface area contributed by atoms with E-state index in [-0.39, 0.29) is 6.10 Å². The SMILES string of the molecule is CC1CCC(OCC(F)(F)CN)C1. The van der Waals surface area contributed by atoms with Gasteiger partial charge in [-0.1, -0.05) is 6.92 Å². The molecule has 0 aliphatic heterocycles. The summed E-state index contributed by atoms with van der Waals surface area (Å²) in [6.45, 7) is 0.959. The second kappa shape index (κ2) is 4.33. The number of alkyl halides is 2. The van der Waals surface area contributed by atoms with Gasteiger partial charge in [-0.25, -0.2) is 8.78 Å². The van der Waals surface area contributed by atoms with Gasteiger partial charge in [-0.05, 0) is 25.2 Å². The zero-order valence-electron chi connectivity index (χ0n) is 7.93. The van der Waals surface area contributed by atoms with Crippen LogP contribution in [0.25, 0.3) is 0 Å². The van der Waals surface area contributed by atoms with Gasteiger partial charge in [0.05, 0.1) is 12.6 Å². The fourth-order valence-corrected chi connectivity index (χ4v) is 1.60. The summed E-state index contributed by atoms with van der Waals surface area (Å²) >= 11 is 0. The molecule has 0 radical (unpaired) electrons. The van der Waals surface area contributed by atoms with Gasteiger partial charge in [0.25, 0.3) is 5.92 Å². The Hall–Kier alpha value is -0.220. The van der Waals surface area contributed by atoms with Gasteiger partial charge in [0.2, 0.25) is 0 Å². The van der Waals surface area contributed by atoms with Crippen molar-refractivity contribution >= 4 is 0 Å². The van der Waals surface area contributed by atoms with E-state index >= 15 is 0 Å². The van der Waals surface area contributed by atoms with Gasteiger partial charge in [0.15, 0.2) is 0 Å². The molecule has 78 valence electrons. The Kier molecular flexibility index (Phi) is 3.62. The fraction of sp³-hybridized carbons (Fsp3) is 1.00. The number of hydrogen-bond donors (Lipinski definition) is 1. The van der Waals surface area contributed by atoms with Crippen LogP contribution < -0.4 is 5.73 Å². The molecule has 0 bridgehead atoms. The van der Waals surface area contributed by atoms with Crippen molar-refractivity contribution in [2.24, 2.45) is 11.7 Å². The molecule has 1 fully saturated rings. The molecule has 1 rings (SSSR count). The molecule has 0 aromatic heterocycles. The Bertz CT molecular complexity index is 164. The molecule has 0 heterocycles. The molecule has 0 aromatic carbocycles. The molecule has 0 saturated heterocycles. The maximum Gasteiger partial charge on any atom is 0.282 e. The molecule has 1 aliphatic rings. The highest BCUT2D eigenvalue weighted by molar-refractivity contribution is 4.74. The van der Waals surface area contributed by atoms with Gasteiger partial charge in [-0.2, -0.15) is 0 Å². The minimum Gasteiger partial charge on any atom is -0.372 e. The third kappa shape index (κ3) is 3.56. The minimum absolute atomic E-state index is 0.0208. The summed E-state index contributed by atoms with van der Waals surface area (Å²) in [6.07, 6.45) is 2.91. The van der Waals surface area contributed by atoms with Crippen molar-refractivity contribution in [3.63, 3.8) is 0 Å². The third-order valence-corrected chi connectivity index (χ3v) is 2.48. The van der Waals surface area contributed by atoms with Crippen molar-refractivity contribution < 1.29 is 13.5 Å². The van der Waals surface area contributed by atoms with Crippen LogP contribution in [0, 0.1) is 5.92 Å².